The third-order valence-electron chi connectivity index (χ3n) is 8.23. The van der Waals surface area contributed by atoms with Gasteiger partial charge in [0.05, 0.1) is 11.7 Å². The Morgan fingerprint density at radius 3 is 2.65 bits per heavy atom. The molecule has 1 aromatic carbocycles. The van der Waals surface area contributed by atoms with Crippen molar-refractivity contribution in [3.8, 4) is 11.1 Å². The number of halogens is 1. The van der Waals surface area contributed by atoms with Gasteiger partial charge in [0.15, 0.2) is 0 Å². The van der Waals surface area contributed by atoms with E-state index in [9.17, 15) is 0 Å². The van der Waals surface area contributed by atoms with Crippen molar-refractivity contribution >= 4 is 29.3 Å². The van der Waals surface area contributed by atoms with Crippen molar-refractivity contribution in [1.82, 2.24) is 25.6 Å². The summed E-state index contributed by atoms with van der Waals surface area (Å²) >= 11 is 6.41. The Kier molecular flexibility index (Phi) is 18.6. The number of allylic oxidation sites excluding steroid dienone is 8. The van der Waals surface area contributed by atoms with Gasteiger partial charge in [0.1, 0.15) is 6.34 Å². The highest BCUT2D eigenvalue weighted by Gasteiger charge is 2.16. The van der Waals surface area contributed by atoms with Crippen molar-refractivity contribution in [2.45, 2.75) is 64.8 Å². The van der Waals surface area contributed by atoms with Crippen LogP contribution in [0.3, 0.4) is 0 Å². The zero-order valence-corrected chi connectivity index (χ0v) is 32.4. The molecule has 4 N–H and O–H groups in total. The lowest BCUT2D eigenvalue weighted by atomic mass is 10.0. The summed E-state index contributed by atoms with van der Waals surface area (Å²) in [5, 5.41) is 15.5. The van der Waals surface area contributed by atoms with E-state index in [1.165, 1.54) is 12.1 Å². The predicted molar refractivity (Wildman–Crippen MR) is 224 cm³/mol. The SMILES string of the molecule is C=C(/C=C/C1=C(N(C)/C=N\NC)CCC(Cl)=C1)NC1/C=C\CCCCNc2cc(NC)ccc2-c2ccnc1c2.C=CC.CCCc1ccccn1. The van der Waals surface area contributed by atoms with E-state index in [2.05, 4.69) is 106 Å². The molecule has 0 saturated carbocycles. The molecule has 2 bridgehead atoms. The third kappa shape index (κ3) is 13.9. The number of aromatic nitrogens is 2. The van der Waals surface area contributed by atoms with E-state index < -0.39 is 0 Å². The Labute approximate surface area is 317 Å². The molecule has 276 valence electrons. The molecule has 0 fully saturated rings. The van der Waals surface area contributed by atoms with Crippen LogP contribution in [-0.2, 0) is 6.42 Å². The minimum absolute atomic E-state index is 0.116. The number of hydrazone groups is 1. The van der Waals surface area contributed by atoms with E-state index in [-0.39, 0.29) is 6.04 Å². The number of aryl methyl sites for hydroxylation is 1. The van der Waals surface area contributed by atoms with Gasteiger partial charge in [-0.2, -0.15) is 5.10 Å². The maximum Gasteiger partial charge on any atom is 0.115 e. The zero-order chi connectivity index (χ0) is 37.6. The molecule has 1 aliphatic carbocycles. The van der Waals surface area contributed by atoms with Gasteiger partial charge in [-0.05, 0) is 105 Å². The molecule has 3 heterocycles. The first kappa shape index (κ1) is 41.3. The molecule has 0 amide bonds. The largest absolute Gasteiger partial charge is 0.388 e. The molecular weight excluding hydrogens is 664 g/mol. The molecule has 1 atom stereocenters. The van der Waals surface area contributed by atoms with Gasteiger partial charge >= 0.3 is 0 Å². The van der Waals surface area contributed by atoms with E-state index >= 15 is 0 Å². The summed E-state index contributed by atoms with van der Waals surface area (Å²) < 4.78 is 0. The number of pyridine rings is 2. The Hall–Kier alpha value is -5.08. The van der Waals surface area contributed by atoms with E-state index in [0.717, 1.165) is 95.3 Å². The fraction of sp³-hybridized carbons (Fsp3) is 0.326. The van der Waals surface area contributed by atoms with Crippen molar-refractivity contribution in [2.75, 3.05) is 38.3 Å². The van der Waals surface area contributed by atoms with Crippen LogP contribution < -0.4 is 21.4 Å². The summed E-state index contributed by atoms with van der Waals surface area (Å²) in [7, 11) is 5.72. The molecule has 2 aromatic heterocycles. The fourth-order valence-corrected chi connectivity index (χ4v) is 5.84. The van der Waals surface area contributed by atoms with Gasteiger partial charge in [0, 0.05) is 79.1 Å². The Balaban J connectivity index is 0.000000518. The molecule has 2 aliphatic rings. The lowest BCUT2D eigenvalue weighted by Gasteiger charge is -2.23. The average Bonchev–Trinajstić information content (AvgIpc) is 3.17. The summed E-state index contributed by atoms with van der Waals surface area (Å²) in [5.74, 6) is 0. The molecule has 1 aliphatic heterocycles. The van der Waals surface area contributed by atoms with Gasteiger partial charge < -0.3 is 26.3 Å². The second kappa shape index (κ2) is 23.4. The molecule has 0 spiro atoms. The van der Waals surface area contributed by atoms with Crippen LogP contribution in [0, 0.1) is 0 Å². The Bertz CT molecular complexity index is 1710. The summed E-state index contributed by atoms with van der Waals surface area (Å²) in [5.41, 5.74) is 12.4. The highest BCUT2D eigenvalue weighted by molar-refractivity contribution is 6.29. The summed E-state index contributed by atoms with van der Waals surface area (Å²) in [6, 6.07) is 16.6. The normalized spacial score (nSPS) is 16.1. The molecular formula is C43H57ClN8. The minimum Gasteiger partial charge on any atom is -0.388 e. The topological polar surface area (TPSA) is 89.5 Å². The first-order chi connectivity index (χ1) is 25.3. The van der Waals surface area contributed by atoms with Crippen molar-refractivity contribution in [2.24, 2.45) is 5.10 Å². The van der Waals surface area contributed by atoms with Gasteiger partial charge in [-0.15, -0.1) is 6.58 Å². The fourth-order valence-electron chi connectivity index (χ4n) is 5.63. The van der Waals surface area contributed by atoms with E-state index in [0.29, 0.717) is 0 Å². The quantitative estimate of drug-likeness (QED) is 0.0545. The zero-order valence-electron chi connectivity index (χ0n) is 31.6. The van der Waals surface area contributed by atoms with Crippen molar-refractivity contribution < 1.29 is 0 Å². The second-order valence-electron chi connectivity index (χ2n) is 12.4. The van der Waals surface area contributed by atoms with Crippen LogP contribution in [0.2, 0.25) is 0 Å². The van der Waals surface area contributed by atoms with Gasteiger partial charge in [0.25, 0.3) is 0 Å². The summed E-state index contributed by atoms with van der Waals surface area (Å²) in [6.45, 7) is 12.7. The first-order valence-corrected chi connectivity index (χ1v) is 18.5. The highest BCUT2D eigenvalue weighted by Crippen LogP contribution is 2.33. The summed E-state index contributed by atoms with van der Waals surface area (Å²) in [6.07, 6.45) is 24.9. The predicted octanol–water partition coefficient (Wildman–Crippen LogP) is 10.1. The molecule has 0 saturated heterocycles. The third-order valence-corrected chi connectivity index (χ3v) is 8.53. The standard InChI is InChI=1S/C32H40ClN7.C8H11N.C3H6/c1-23(10-11-25-19-26(33)12-15-32(25)40(4)22-38-35-3)39-29-9-7-5-6-8-17-36-30-21-27(34-2)13-14-28(30)24-16-18-37-31(29)20-24;1-2-5-8-6-3-4-7-9-8;1-3-2/h7,9-11,13-14,16,18-22,29,34-36,39H,1,5-6,8,12,15,17H2,2-4H3;3-4,6-7H,2,5H2,1H3;3H,1H2,2H3/b9-7-,11-10+,38-22-;;. The number of nitrogens with one attached hydrogen (secondary N) is 4. The molecule has 0 radical (unpaired) electrons. The van der Waals surface area contributed by atoms with E-state index in [4.69, 9.17) is 16.6 Å². The lowest BCUT2D eigenvalue weighted by Crippen LogP contribution is -2.20. The summed E-state index contributed by atoms with van der Waals surface area (Å²) in [4.78, 5) is 10.9. The van der Waals surface area contributed by atoms with Crippen LogP contribution in [0.1, 0.15) is 69.8 Å². The maximum absolute atomic E-state index is 6.41. The van der Waals surface area contributed by atoms with E-state index in [1.54, 1.807) is 19.5 Å². The Morgan fingerprint density at radius 1 is 1.10 bits per heavy atom. The number of nitrogens with zero attached hydrogens (tertiary/aromatic N) is 4. The van der Waals surface area contributed by atoms with Crippen molar-refractivity contribution in [3.63, 3.8) is 0 Å². The van der Waals surface area contributed by atoms with Crippen molar-refractivity contribution in [1.29, 1.82) is 0 Å². The van der Waals surface area contributed by atoms with Gasteiger partial charge in [-0.3, -0.25) is 9.97 Å². The molecule has 1 unspecified atom stereocenters. The molecule has 5 rings (SSSR count). The number of anilines is 2. The molecule has 52 heavy (non-hydrogen) atoms. The molecule has 3 aromatic rings. The first-order valence-electron chi connectivity index (χ1n) is 18.1. The molecule has 8 nitrogen and oxygen atoms in total. The van der Waals surface area contributed by atoms with Crippen molar-refractivity contribution in [3.05, 3.63) is 144 Å². The van der Waals surface area contributed by atoms with Crippen LogP contribution >= 0.6 is 11.6 Å². The van der Waals surface area contributed by atoms with Crippen LogP contribution in [-0.4, -0.2) is 48.9 Å². The molecule has 9 heteroatoms. The van der Waals surface area contributed by atoms with Gasteiger partial charge in [0.2, 0.25) is 0 Å². The number of hydrogen-bond donors (Lipinski definition) is 4. The second-order valence-corrected chi connectivity index (χ2v) is 12.8. The smallest absolute Gasteiger partial charge is 0.115 e. The van der Waals surface area contributed by atoms with Gasteiger partial charge in [-0.25, -0.2) is 0 Å². The number of fused-ring (bicyclic) bond motifs is 4. The van der Waals surface area contributed by atoms with Crippen LogP contribution in [0.4, 0.5) is 11.4 Å². The number of benzene rings is 1. The lowest BCUT2D eigenvalue weighted by molar-refractivity contribution is 0.587. The maximum atomic E-state index is 6.41. The monoisotopic (exact) mass is 720 g/mol. The van der Waals surface area contributed by atoms with E-state index in [1.807, 2.05) is 62.6 Å². The van der Waals surface area contributed by atoms with Gasteiger partial charge in [-0.1, -0.05) is 68.0 Å². The Morgan fingerprint density at radius 2 is 1.92 bits per heavy atom. The average molecular weight is 721 g/mol. The number of rotatable bonds is 10. The minimum atomic E-state index is -0.116. The number of hydrogen-bond acceptors (Lipinski definition) is 7. The van der Waals surface area contributed by atoms with Crippen LogP contribution in [0.25, 0.3) is 11.1 Å². The van der Waals surface area contributed by atoms with Crippen LogP contribution in [0.15, 0.2) is 138 Å². The van der Waals surface area contributed by atoms with Crippen LogP contribution in [0.5, 0.6) is 0 Å². The highest BCUT2D eigenvalue weighted by atomic mass is 35.5.